The zero-order valence-electron chi connectivity index (χ0n) is 27.9. The van der Waals surface area contributed by atoms with Gasteiger partial charge in [-0.1, -0.05) is 79.1 Å². The molecule has 6 atom stereocenters. The van der Waals surface area contributed by atoms with Gasteiger partial charge in [0.2, 0.25) is 19.0 Å². The summed E-state index contributed by atoms with van der Waals surface area (Å²) >= 11 is 4.13. The first-order valence-corrected chi connectivity index (χ1v) is 19.5. The van der Waals surface area contributed by atoms with Gasteiger partial charge in [0, 0.05) is 18.1 Å². The molecule has 0 spiro atoms. The highest BCUT2D eigenvalue weighted by molar-refractivity contribution is 9.10. The Bertz CT molecular complexity index is 1160. The molecule has 1 aromatic carbocycles. The zero-order chi connectivity index (χ0) is 33.9. The van der Waals surface area contributed by atoms with Crippen LogP contribution in [0.15, 0.2) is 18.2 Å². The Kier molecular flexibility index (Phi) is 15.7. The van der Waals surface area contributed by atoms with Gasteiger partial charge in [-0.15, -0.1) is 11.8 Å². The average Bonchev–Trinajstić information content (AvgIpc) is 3.58. The number of hydrogen-bond acceptors (Lipinski definition) is 10. The fraction of sp³-hybridized carbons (Fsp3) is 0.727. The molecule has 0 saturated carbocycles. The molecule has 3 unspecified atom stereocenters. The van der Waals surface area contributed by atoms with Crippen molar-refractivity contribution in [1.29, 1.82) is 0 Å². The highest BCUT2D eigenvalue weighted by Crippen LogP contribution is 2.53. The number of nitrogens with zero attached hydrogens (tertiary/aromatic N) is 1. The monoisotopic (exact) mass is 747 g/mol. The summed E-state index contributed by atoms with van der Waals surface area (Å²) in [4.78, 5) is 37.2. The highest BCUT2D eigenvalue weighted by atomic mass is 79.9. The van der Waals surface area contributed by atoms with Crippen molar-refractivity contribution >= 4 is 56.9 Å². The number of unbranched alkanes of at least 4 members (excludes halogenated alkanes) is 6. The number of rotatable bonds is 16. The molecule has 4 rings (SSSR count). The molecule has 3 aliphatic heterocycles. The average molecular weight is 749 g/mol. The van der Waals surface area contributed by atoms with Crippen LogP contribution in [0.5, 0.6) is 11.5 Å². The largest absolute Gasteiger partial charge is 0.616 e. The lowest BCUT2D eigenvalue weighted by atomic mass is 9.98. The van der Waals surface area contributed by atoms with Crippen LogP contribution < -0.4 is 9.47 Å². The van der Waals surface area contributed by atoms with E-state index in [0.29, 0.717) is 6.79 Å². The Morgan fingerprint density at radius 2 is 1.74 bits per heavy atom. The second kappa shape index (κ2) is 18.6. The van der Waals surface area contributed by atoms with Crippen LogP contribution >= 0.6 is 27.7 Å². The first-order valence-electron chi connectivity index (χ1n) is 16.3. The van der Waals surface area contributed by atoms with Gasteiger partial charge < -0.3 is 33.1 Å². The molecule has 46 heavy (non-hydrogen) atoms. The van der Waals surface area contributed by atoms with Crippen molar-refractivity contribution in [2.75, 3.05) is 19.2 Å². The van der Waals surface area contributed by atoms with Crippen molar-refractivity contribution < 1.29 is 42.6 Å². The van der Waals surface area contributed by atoms with Gasteiger partial charge in [0.15, 0.2) is 11.5 Å². The third kappa shape index (κ3) is 10.8. The quantitative estimate of drug-likeness (QED) is 0.0432. The molecule has 3 aliphatic rings. The van der Waals surface area contributed by atoms with Crippen LogP contribution in [0.1, 0.15) is 98.5 Å². The van der Waals surface area contributed by atoms with Crippen molar-refractivity contribution in [2.24, 2.45) is 0 Å². The summed E-state index contributed by atoms with van der Waals surface area (Å²) in [5, 5.41) is 0.108. The van der Waals surface area contributed by atoms with Crippen LogP contribution in [0, 0.1) is 0 Å². The second-order valence-corrected chi connectivity index (χ2v) is 17.0. The predicted octanol–water partition coefficient (Wildman–Crippen LogP) is 7.11. The SMILES string of the molecule is CCCCCCCC[S+]([O-])C(C)Cc1ccc2c(c1)OCO2.CCCCOC(=O)OC(C)OC(=O)[C@@H]1N2C(=O)[C@@H](Br)[C@H]2SC1(C)C. The molecule has 2 fully saturated rings. The Hall–Kier alpha value is -1.83. The normalized spacial score (nSPS) is 22.5. The Morgan fingerprint density at radius 3 is 2.46 bits per heavy atom. The number of β-lactam (4-membered cyclic amide) rings is 1. The van der Waals surface area contributed by atoms with Crippen LogP contribution in [0.2, 0.25) is 0 Å². The van der Waals surface area contributed by atoms with E-state index in [-0.39, 0.29) is 28.0 Å². The highest BCUT2D eigenvalue weighted by Gasteiger charge is 2.63. The topological polar surface area (TPSA) is 124 Å². The van der Waals surface area contributed by atoms with E-state index in [4.69, 9.17) is 23.7 Å². The van der Waals surface area contributed by atoms with Gasteiger partial charge in [-0.3, -0.25) is 4.79 Å². The van der Waals surface area contributed by atoms with Crippen molar-refractivity contribution in [3.8, 4) is 11.5 Å². The van der Waals surface area contributed by atoms with Crippen molar-refractivity contribution in [3.63, 3.8) is 0 Å². The number of alkyl halides is 1. The molecule has 10 nitrogen and oxygen atoms in total. The standard InChI is InChI=1S/C18H28O3S.C15H22BrNO6S/c1-3-4-5-6-7-8-11-22(19)15(2)12-16-9-10-17-18(13-16)21-14-20-17;1-5-6-7-21-14(20)23-8(2)22-13(19)10-15(3,4)24-12-9(16)11(18)17(10)12/h9-10,13,15H,3-8,11-12,14H2,1-2H3;8-10,12H,5-7H2,1-4H3/t;8?,9-,10+,12-/m.1/s1. The van der Waals surface area contributed by atoms with E-state index in [9.17, 15) is 18.9 Å². The Morgan fingerprint density at radius 1 is 1.07 bits per heavy atom. The molecule has 0 aliphatic carbocycles. The third-order valence-corrected chi connectivity index (χ3v) is 12.5. The molecule has 1 aromatic rings. The number of carbonyl (C=O) groups excluding carboxylic acids is 3. The zero-order valence-corrected chi connectivity index (χ0v) is 31.1. The minimum Gasteiger partial charge on any atom is -0.616 e. The van der Waals surface area contributed by atoms with Crippen LogP contribution in [0.3, 0.4) is 0 Å². The number of carbonyl (C=O) groups is 3. The van der Waals surface area contributed by atoms with Crippen LogP contribution in [-0.2, 0) is 41.4 Å². The summed E-state index contributed by atoms with van der Waals surface area (Å²) in [5.41, 5.74) is 1.17. The van der Waals surface area contributed by atoms with E-state index < -0.39 is 40.4 Å². The van der Waals surface area contributed by atoms with E-state index >= 15 is 0 Å². The molecule has 2 saturated heterocycles. The number of ether oxygens (including phenoxy) is 5. The van der Waals surface area contributed by atoms with E-state index in [2.05, 4.69) is 29.8 Å². The van der Waals surface area contributed by atoms with Gasteiger partial charge in [0.25, 0.3) is 0 Å². The van der Waals surface area contributed by atoms with Gasteiger partial charge in [0.05, 0.1) is 6.61 Å². The third-order valence-electron chi connectivity index (χ3n) is 7.97. The van der Waals surface area contributed by atoms with E-state index in [1.165, 1.54) is 49.5 Å². The molecule has 0 aromatic heterocycles. The number of amides is 1. The Labute approximate surface area is 289 Å². The summed E-state index contributed by atoms with van der Waals surface area (Å²) in [7, 11) is 0. The number of halogens is 1. The summed E-state index contributed by atoms with van der Waals surface area (Å²) in [6, 6.07) is 5.30. The number of thioether (sulfide) groups is 1. The first kappa shape index (κ1) is 38.6. The summed E-state index contributed by atoms with van der Waals surface area (Å²) in [5.74, 6) is 1.73. The molecule has 0 N–H and O–H groups in total. The van der Waals surface area contributed by atoms with Crippen molar-refractivity contribution in [3.05, 3.63) is 23.8 Å². The molecule has 3 heterocycles. The lowest BCUT2D eigenvalue weighted by molar-refractivity contribution is -0.179. The van der Waals surface area contributed by atoms with E-state index in [0.717, 1.165) is 42.9 Å². The minimum absolute atomic E-state index is 0.0831. The summed E-state index contributed by atoms with van der Waals surface area (Å²) < 4.78 is 37.5. The smallest absolute Gasteiger partial charge is 0.511 e. The maximum Gasteiger partial charge on any atom is 0.511 e. The fourth-order valence-electron chi connectivity index (χ4n) is 5.39. The summed E-state index contributed by atoms with van der Waals surface area (Å²) in [6.07, 6.45) is 8.00. The maximum atomic E-state index is 12.5. The molecular formula is C33H50BrNO9S2. The van der Waals surface area contributed by atoms with Gasteiger partial charge in [-0.2, -0.15) is 0 Å². The number of esters is 1. The molecule has 13 heteroatoms. The van der Waals surface area contributed by atoms with Crippen LogP contribution in [0.25, 0.3) is 0 Å². The first-order chi connectivity index (χ1) is 21.9. The van der Waals surface area contributed by atoms with Crippen molar-refractivity contribution in [2.45, 2.75) is 132 Å². The van der Waals surface area contributed by atoms with Gasteiger partial charge in [0.1, 0.15) is 27.2 Å². The molecule has 260 valence electrons. The van der Waals surface area contributed by atoms with Gasteiger partial charge in [-0.25, -0.2) is 9.59 Å². The lowest BCUT2D eigenvalue weighted by Gasteiger charge is -2.41. The minimum atomic E-state index is -1.08. The molecular weight excluding hydrogens is 698 g/mol. The van der Waals surface area contributed by atoms with Crippen LogP contribution in [0.4, 0.5) is 4.79 Å². The fourth-order valence-corrected chi connectivity index (χ4v) is 9.01. The Balaban J connectivity index is 0.000000251. The van der Waals surface area contributed by atoms with Crippen LogP contribution in [-0.4, -0.2) is 79.2 Å². The lowest BCUT2D eigenvalue weighted by Crippen LogP contribution is -2.63. The van der Waals surface area contributed by atoms with Gasteiger partial charge in [-0.05, 0) is 57.7 Å². The van der Waals surface area contributed by atoms with E-state index in [1.807, 2.05) is 39.0 Å². The predicted molar refractivity (Wildman–Crippen MR) is 184 cm³/mol. The number of benzene rings is 1. The summed E-state index contributed by atoms with van der Waals surface area (Å²) in [6.45, 7) is 12.1. The molecule has 1 amide bonds. The van der Waals surface area contributed by atoms with Gasteiger partial charge >= 0.3 is 12.1 Å². The number of hydrogen-bond donors (Lipinski definition) is 0. The second-order valence-electron chi connectivity index (χ2n) is 12.3. The maximum absolute atomic E-state index is 12.5. The molecule has 0 radical (unpaired) electrons. The van der Waals surface area contributed by atoms with E-state index in [1.54, 1.807) is 11.8 Å². The van der Waals surface area contributed by atoms with Crippen molar-refractivity contribution in [1.82, 2.24) is 4.90 Å². The molecule has 0 bridgehead atoms. The number of fused-ring (bicyclic) bond motifs is 2.